The van der Waals surface area contributed by atoms with Crippen LogP contribution in [0.5, 0.6) is 0 Å². The monoisotopic (exact) mass is 358 g/mol. The Balaban J connectivity index is 0.00000225. The summed E-state index contributed by atoms with van der Waals surface area (Å²) in [4.78, 5) is 14.7. The SMILES string of the molecule is Cc1ccc(C(CNC(=O)c2cccc3ccccc23)N(C)C)o1.Cl. The van der Waals surface area contributed by atoms with Gasteiger partial charge in [0, 0.05) is 12.1 Å². The quantitative estimate of drug-likeness (QED) is 0.743. The molecule has 0 aliphatic heterocycles. The maximum atomic E-state index is 12.7. The van der Waals surface area contributed by atoms with Crippen molar-refractivity contribution in [1.82, 2.24) is 10.2 Å². The van der Waals surface area contributed by atoms with E-state index < -0.39 is 0 Å². The highest BCUT2D eigenvalue weighted by molar-refractivity contribution is 6.07. The van der Waals surface area contributed by atoms with Gasteiger partial charge in [0.2, 0.25) is 0 Å². The van der Waals surface area contributed by atoms with Crippen molar-refractivity contribution < 1.29 is 9.21 Å². The van der Waals surface area contributed by atoms with Crippen LogP contribution in [0.3, 0.4) is 0 Å². The number of nitrogens with one attached hydrogen (secondary N) is 1. The molecule has 1 amide bonds. The first-order valence-electron chi connectivity index (χ1n) is 8.05. The molecule has 0 radical (unpaired) electrons. The molecule has 0 aliphatic carbocycles. The Bertz CT molecular complexity index is 852. The molecule has 132 valence electrons. The largest absolute Gasteiger partial charge is 0.465 e. The van der Waals surface area contributed by atoms with Crippen LogP contribution < -0.4 is 5.32 Å². The molecule has 1 N–H and O–H groups in total. The average molecular weight is 359 g/mol. The summed E-state index contributed by atoms with van der Waals surface area (Å²) in [5, 5.41) is 5.07. The number of aryl methyl sites for hydroxylation is 1. The smallest absolute Gasteiger partial charge is 0.251 e. The molecule has 4 nitrogen and oxygen atoms in total. The number of carbonyl (C=O) groups excluding carboxylic acids is 1. The molecular formula is C20H23ClN2O2. The third kappa shape index (κ3) is 4.21. The van der Waals surface area contributed by atoms with Crippen molar-refractivity contribution in [2.45, 2.75) is 13.0 Å². The summed E-state index contributed by atoms with van der Waals surface area (Å²) in [7, 11) is 3.96. The molecule has 1 atom stereocenters. The predicted octanol–water partition coefficient (Wildman–Crippen LogP) is 4.20. The van der Waals surface area contributed by atoms with E-state index in [-0.39, 0.29) is 24.4 Å². The molecule has 0 saturated heterocycles. The summed E-state index contributed by atoms with van der Waals surface area (Å²) in [5.41, 5.74) is 0.696. The molecule has 0 aliphatic rings. The van der Waals surface area contributed by atoms with E-state index in [9.17, 15) is 4.79 Å². The van der Waals surface area contributed by atoms with E-state index in [1.807, 2.05) is 80.5 Å². The van der Waals surface area contributed by atoms with E-state index in [1.165, 1.54) is 0 Å². The van der Waals surface area contributed by atoms with Crippen molar-refractivity contribution in [3.05, 3.63) is 71.7 Å². The fourth-order valence-corrected chi connectivity index (χ4v) is 2.88. The van der Waals surface area contributed by atoms with Gasteiger partial charge in [-0.1, -0.05) is 36.4 Å². The van der Waals surface area contributed by atoms with E-state index in [0.717, 1.165) is 22.3 Å². The van der Waals surface area contributed by atoms with Crippen LogP contribution in [0.25, 0.3) is 10.8 Å². The molecule has 3 aromatic rings. The molecule has 3 rings (SSSR count). The highest BCUT2D eigenvalue weighted by Gasteiger charge is 2.19. The molecule has 5 heteroatoms. The van der Waals surface area contributed by atoms with Crippen LogP contribution in [0, 0.1) is 6.92 Å². The number of carbonyl (C=O) groups is 1. The van der Waals surface area contributed by atoms with Crippen LogP contribution in [-0.2, 0) is 0 Å². The van der Waals surface area contributed by atoms with Gasteiger partial charge in [-0.05, 0) is 50.0 Å². The summed E-state index contributed by atoms with van der Waals surface area (Å²) in [5.74, 6) is 1.66. The first kappa shape index (κ1) is 19.0. The lowest BCUT2D eigenvalue weighted by molar-refractivity contribution is 0.0940. The van der Waals surface area contributed by atoms with Crippen LogP contribution in [0.4, 0.5) is 0 Å². The minimum Gasteiger partial charge on any atom is -0.465 e. The number of rotatable bonds is 5. The Hall–Kier alpha value is -2.30. The molecule has 2 aromatic carbocycles. The lowest BCUT2D eigenvalue weighted by atomic mass is 10.0. The van der Waals surface area contributed by atoms with E-state index in [4.69, 9.17) is 4.42 Å². The lowest BCUT2D eigenvalue weighted by Gasteiger charge is -2.22. The number of nitrogens with zero attached hydrogens (tertiary/aromatic N) is 1. The third-order valence-electron chi connectivity index (χ3n) is 4.20. The lowest BCUT2D eigenvalue weighted by Crippen LogP contribution is -2.34. The average Bonchev–Trinajstić information content (AvgIpc) is 3.00. The number of hydrogen-bond donors (Lipinski definition) is 1. The van der Waals surface area contributed by atoms with Crippen LogP contribution >= 0.6 is 12.4 Å². The number of likely N-dealkylation sites (N-methyl/N-ethyl adjacent to an activating group) is 1. The minimum absolute atomic E-state index is 0. The van der Waals surface area contributed by atoms with Gasteiger partial charge in [-0.25, -0.2) is 0 Å². The van der Waals surface area contributed by atoms with Gasteiger partial charge in [0.05, 0.1) is 6.04 Å². The number of furan rings is 1. The number of benzene rings is 2. The second kappa shape index (κ2) is 8.19. The van der Waals surface area contributed by atoms with Crippen LogP contribution in [-0.4, -0.2) is 31.4 Å². The van der Waals surface area contributed by atoms with Gasteiger partial charge in [-0.2, -0.15) is 0 Å². The molecule has 1 unspecified atom stereocenters. The van der Waals surface area contributed by atoms with Gasteiger partial charge in [-0.15, -0.1) is 12.4 Å². The first-order valence-corrected chi connectivity index (χ1v) is 8.05. The van der Waals surface area contributed by atoms with Gasteiger partial charge < -0.3 is 9.73 Å². The molecule has 0 fully saturated rings. The van der Waals surface area contributed by atoms with Crippen molar-refractivity contribution in [3.63, 3.8) is 0 Å². The summed E-state index contributed by atoms with van der Waals surface area (Å²) >= 11 is 0. The molecule has 25 heavy (non-hydrogen) atoms. The van der Waals surface area contributed by atoms with Gasteiger partial charge in [0.15, 0.2) is 0 Å². The van der Waals surface area contributed by atoms with E-state index in [0.29, 0.717) is 12.1 Å². The number of hydrogen-bond acceptors (Lipinski definition) is 3. The van der Waals surface area contributed by atoms with Crippen molar-refractivity contribution in [2.75, 3.05) is 20.6 Å². The van der Waals surface area contributed by atoms with Gasteiger partial charge in [0.25, 0.3) is 5.91 Å². The van der Waals surface area contributed by atoms with Gasteiger partial charge >= 0.3 is 0 Å². The molecule has 1 heterocycles. The van der Waals surface area contributed by atoms with Gasteiger partial charge in [0.1, 0.15) is 11.5 Å². The summed E-state index contributed by atoms with van der Waals surface area (Å²) < 4.78 is 5.72. The van der Waals surface area contributed by atoms with Crippen molar-refractivity contribution in [1.29, 1.82) is 0 Å². The highest BCUT2D eigenvalue weighted by atomic mass is 35.5. The highest BCUT2D eigenvalue weighted by Crippen LogP contribution is 2.21. The third-order valence-corrected chi connectivity index (χ3v) is 4.20. The second-order valence-corrected chi connectivity index (χ2v) is 6.16. The van der Waals surface area contributed by atoms with Crippen LogP contribution in [0.2, 0.25) is 0 Å². The fourth-order valence-electron chi connectivity index (χ4n) is 2.88. The number of amides is 1. The van der Waals surface area contributed by atoms with Crippen LogP contribution in [0.1, 0.15) is 27.9 Å². The molecular weight excluding hydrogens is 336 g/mol. The molecule has 0 spiro atoms. The Morgan fingerprint density at radius 3 is 2.48 bits per heavy atom. The standard InChI is InChI=1S/C20H22N2O2.ClH/c1-14-11-12-19(24-14)18(22(2)3)13-21-20(23)17-10-6-8-15-7-4-5-9-16(15)17;/h4-12,18H,13H2,1-3H3,(H,21,23);1H. The normalized spacial score (nSPS) is 12.0. The molecule has 1 aromatic heterocycles. The predicted molar refractivity (Wildman–Crippen MR) is 103 cm³/mol. The first-order chi connectivity index (χ1) is 11.6. The summed E-state index contributed by atoms with van der Waals surface area (Å²) in [6, 6.07) is 17.6. The zero-order valence-corrected chi connectivity index (χ0v) is 15.5. The Labute approximate surface area is 154 Å². The molecule has 0 saturated carbocycles. The van der Waals surface area contributed by atoms with E-state index in [2.05, 4.69) is 5.32 Å². The summed E-state index contributed by atoms with van der Waals surface area (Å²) in [6.45, 7) is 2.41. The van der Waals surface area contributed by atoms with E-state index >= 15 is 0 Å². The Morgan fingerprint density at radius 2 is 1.80 bits per heavy atom. The maximum absolute atomic E-state index is 12.7. The molecule has 0 bridgehead atoms. The second-order valence-electron chi connectivity index (χ2n) is 6.16. The number of fused-ring (bicyclic) bond motifs is 1. The topological polar surface area (TPSA) is 45.5 Å². The minimum atomic E-state index is -0.0677. The van der Waals surface area contributed by atoms with Crippen LogP contribution in [0.15, 0.2) is 59.0 Å². The zero-order valence-electron chi connectivity index (χ0n) is 14.7. The fraction of sp³-hybridized carbons (Fsp3) is 0.250. The number of halogens is 1. The summed E-state index contributed by atoms with van der Waals surface area (Å²) in [6.07, 6.45) is 0. The Kier molecular flexibility index (Phi) is 6.23. The Morgan fingerprint density at radius 1 is 1.08 bits per heavy atom. The van der Waals surface area contributed by atoms with Gasteiger partial charge in [-0.3, -0.25) is 9.69 Å². The van der Waals surface area contributed by atoms with Crippen molar-refractivity contribution in [2.24, 2.45) is 0 Å². The maximum Gasteiger partial charge on any atom is 0.251 e. The zero-order chi connectivity index (χ0) is 17.1. The van der Waals surface area contributed by atoms with Crippen molar-refractivity contribution in [3.8, 4) is 0 Å². The van der Waals surface area contributed by atoms with E-state index in [1.54, 1.807) is 0 Å². The van der Waals surface area contributed by atoms with Crippen molar-refractivity contribution >= 4 is 29.1 Å².